The number of carboxylic acid groups (broad SMARTS) is 1. The number of aliphatic carboxylic acids is 1. The highest BCUT2D eigenvalue weighted by atomic mass is 79.9. The van der Waals surface area contributed by atoms with Gasteiger partial charge in [0.25, 0.3) is 5.91 Å². The Morgan fingerprint density at radius 1 is 1.38 bits per heavy atom. The highest BCUT2D eigenvalue weighted by Gasteiger charge is 2.31. The number of amides is 1. The summed E-state index contributed by atoms with van der Waals surface area (Å²) < 4.78 is 6.38. The molecule has 1 amide bonds. The van der Waals surface area contributed by atoms with Crippen LogP contribution in [0.5, 0.6) is 5.75 Å². The average Bonchev–Trinajstić information content (AvgIpc) is 2.85. The molecule has 21 heavy (non-hydrogen) atoms. The first-order chi connectivity index (χ1) is 9.86. The minimum Gasteiger partial charge on any atom is -0.491 e. The zero-order valence-corrected chi connectivity index (χ0v) is 13.6. The van der Waals surface area contributed by atoms with Gasteiger partial charge in [0, 0.05) is 23.1 Å². The van der Waals surface area contributed by atoms with E-state index in [9.17, 15) is 9.59 Å². The summed E-state index contributed by atoms with van der Waals surface area (Å²) in [4.78, 5) is 25.0. The van der Waals surface area contributed by atoms with Gasteiger partial charge in [-0.15, -0.1) is 0 Å². The van der Waals surface area contributed by atoms with Gasteiger partial charge in [0.1, 0.15) is 5.75 Å². The molecule has 2 rings (SSSR count). The van der Waals surface area contributed by atoms with Crippen LogP contribution in [-0.2, 0) is 4.79 Å². The Morgan fingerprint density at radius 3 is 2.67 bits per heavy atom. The number of benzene rings is 1. The van der Waals surface area contributed by atoms with E-state index in [0.29, 0.717) is 24.3 Å². The molecule has 114 valence electrons. The third-order valence-electron chi connectivity index (χ3n) is 3.31. The quantitative estimate of drug-likeness (QED) is 0.901. The Labute approximate surface area is 132 Å². The summed E-state index contributed by atoms with van der Waals surface area (Å²) in [7, 11) is 0. The van der Waals surface area contributed by atoms with E-state index in [-0.39, 0.29) is 18.6 Å². The van der Waals surface area contributed by atoms with Crippen LogP contribution in [0.4, 0.5) is 0 Å². The lowest BCUT2D eigenvalue weighted by atomic mass is 10.1. The van der Waals surface area contributed by atoms with Gasteiger partial charge in [0.2, 0.25) is 0 Å². The third kappa shape index (κ3) is 3.97. The lowest BCUT2D eigenvalue weighted by Crippen LogP contribution is -2.30. The number of nitrogens with zero attached hydrogens (tertiary/aromatic N) is 1. The summed E-state index contributed by atoms with van der Waals surface area (Å²) in [6.07, 6.45) is 0.523. The van der Waals surface area contributed by atoms with Crippen molar-refractivity contribution in [2.24, 2.45) is 5.92 Å². The predicted molar refractivity (Wildman–Crippen MR) is 81.6 cm³/mol. The molecular weight excluding hydrogens is 338 g/mol. The van der Waals surface area contributed by atoms with Gasteiger partial charge < -0.3 is 14.7 Å². The first kappa shape index (κ1) is 15.8. The van der Waals surface area contributed by atoms with Gasteiger partial charge in [-0.25, -0.2) is 0 Å². The summed E-state index contributed by atoms with van der Waals surface area (Å²) in [6.45, 7) is 4.57. The highest BCUT2D eigenvalue weighted by Crippen LogP contribution is 2.25. The standard InChI is InChI=1S/C15H18BrNO4/c1-9(2)21-13-6-11(5-12(16)7-13)14(18)17-4-3-10(8-17)15(19)20/h5-7,9-10H,3-4,8H2,1-2H3,(H,19,20)/t10-/m0/s1. The van der Waals surface area contributed by atoms with Crippen LogP contribution in [0.3, 0.4) is 0 Å². The van der Waals surface area contributed by atoms with Crippen LogP contribution < -0.4 is 4.74 Å². The van der Waals surface area contributed by atoms with Gasteiger partial charge in [-0.3, -0.25) is 9.59 Å². The van der Waals surface area contributed by atoms with Crippen LogP contribution in [0.15, 0.2) is 22.7 Å². The molecule has 0 aliphatic carbocycles. The first-order valence-electron chi connectivity index (χ1n) is 6.86. The number of likely N-dealkylation sites (tertiary alicyclic amines) is 1. The van der Waals surface area contributed by atoms with Crippen molar-refractivity contribution < 1.29 is 19.4 Å². The largest absolute Gasteiger partial charge is 0.491 e. The van der Waals surface area contributed by atoms with Crippen LogP contribution in [0.1, 0.15) is 30.6 Å². The fourth-order valence-electron chi connectivity index (χ4n) is 2.36. The number of hydrogen-bond donors (Lipinski definition) is 1. The van der Waals surface area contributed by atoms with Crippen LogP contribution in [0.2, 0.25) is 0 Å². The highest BCUT2D eigenvalue weighted by molar-refractivity contribution is 9.10. The Bertz CT molecular complexity index is 559. The maximum atomic E-state index is 12.5. The zero-order valence-electron chi connectivity index (χ0n) is 12.0. The van der Waals surface area contributed by atoms with Crippen molar-refractivity contribution in [3.8, 4) is 5.75 Å². The molecule has 6 heteroatoms. The lowest BCUT2D eigenvalue weighted by molar-refractivity contribution is -0.141. The summed E-state index contributed by atoms with van der Waals surface area (Å²) in [6, 6.07) is 5.23. The molecule has 0 spiro atoms. The molecule has 0 bridgehead atoms. The maximum Gasteiger partial charge on any atom is 0.308 e. The van der Waals surface area contributed by atoms with Crippen LogP contribution >= 0.6 is 15.9 Å². The number of carbonyl (C=O) groups is 2. The normalized spacial score (nSPS) is 18.1. The Kier molecular flexibility index (Phi) is 4.88. The van der Waals surface area contributed by atoms with Crippen molar-refractivity contribution in [3.63, 3.8) is 0 Å². The molecule has 5 nitrogen and oxygen atoms in total. The second-order valence-corrected chi connectivity index (χ2v) is 6.33. The Balaban J connectivity index is 2.16. The van der Waals surface area contributed by atoms with Crippen LogP contribution in [0.25, 0.3) is 0 Å². The second kappa shape index (κ2) is 6.47. The van der Waals surface area contributed by atoms with Gasteiger partial charge in [-0.05, 0) is 38.5 Å². The summed E-state index contributed by atoms with van der Waals surface area (Å²) in [5.74, 6) is -0.846. The zero-order chi connectivity index (χ0) is 15.6. The molecule has 1 N–H and O–H groups in total. The van der Waals surface area contributed by atoms with Crippen molar-refractivity contribution in [2.45, 2.75) is 26.4 Å². The molecule has 1 aliphatic heterocycles. The van der Waals surface area contributed by atoms with E-state index < -0.39 is 11.9 Å². The van der Waals surface area contributed by atoms with Gasteiger partial charge in [-0.1, -0.05) is 15.9 Å². The van der Waals surface area contributed by atoms with Crippen molar-refractivity contribution >= 4 is 27.8 Å². The number of hydrogen-bond acceptors (Lipinski definition) is 3. The summed E-state index contributed by atoms with van der Waals surface area (Å²) in [5, 5.41) is 9.01. The summed E-state index contributed by atoms with van der Waals surface area (Å²) in [5.41, 5.74) is 0.506. The minimum atomic E-state index is -0.844. The molecule has 1 atom stereocenters. The first-order valence-corrected chi connectivity index (χ1v) is 7.65. The molecule has 1 heterocycles. The average molecular weight is 356 g/mol. The SMILES string of the molecule is CC(C)Oc1cc(Br)cc(C(=O)N2CC[C@H](C(=O)O)C2)c1. The van der Waals surface area contributed by atoms with Gasteiger partial charge in [-0.2, -0.15) is 0 Å². The van der Waals surface area contributed by atoms with Gasteiger partial charge in [0.15, 0.2) is 0 Å². The maximum absolute atomic E-state index is 12.5. The van der Waals surface area contributed by atoms with Crippen molar-refractivity contribution in [3.05, 3.63) is 28.2 Å². The van der Waals surface area contributed by atoms with Gasteiger partial charge in [0.05, 0.1) is 12.0 Å². The van der Waals surface area contributed by atoms with Crippen molar-refractivity contribution in [1.82, 2.24) is 4.90 Å². The molecule has 1 aromatic carbocycles. The smallest absolute Gasteiger partial charge is 0.308 e. The number of halogens is 1. The predicted octanol–water partition coefficient (Wildman–Crippen LogP) is 2.78. The Hall–Kier alpha value is -1.56. The van der Waals surface area contributed by atoms with E-state index in [4.69, 9.17) is 9.84 Å². The molecule has 1 fully saturated rings. The monoisotopic (exact) mass is 355 g/mol. The fourth-order valence-corrected chi connectivity index (χ4v) is 2.83. The van der Waals surface area contributed by atoms with Gasteiger partial charge >= 0.3 is 5.97 Å². The number of carboxylic acids is 1. The van der Waals surface area contributed by atoms with E-state index in [2.05, 4.69) is 15.9 Å². The minimum absolute atomic E-state index is 0.0189. The number of rotatable bonds is 4. The lowest BCUT2D eigenvalue weighted by Gasteiger charge is -2.17. The van der Waals surface area contributed by atoms with E-state index in [0.717, 1.165) is 4.47 Å². The third-order valence-corrected chi connectivity index (χ3v) is 3.77. The number of ether oxygens (including phenoxy) is 1. The summed E-state index contributed by atoms with van der Waals surface area (Å²) >= 11 is 3.37. The van der Waals surface area contributed by atoms with E-state index in [1.807, 2.05) is 13.8 Å². The molecule has 0 aromatic heterocycles. The van der Waals surface area contributed by atoms with Crippen LogP contribution in [0, 0.1) is 5.92 Å². The molecule has 1 aromatic rings. The topological polar surface area (TPSA) is 66.8 Å². The van der Waals surface area contributed by atoms with E-state index >= 15 is 0 Å². The molecule has 1 aliphatic rings. The molecule has 0 radical (unpaired) electrons. The van der Waals surface area contributed by atoms with Crippen molar-refractivity contribution in [2.75, 3.05) is 13.1 Å². The second-order valence-electron chi connectivity index (χ2n) is 5.42. The van der Waals surface area contributed by atoms with Crippen molar-refractivity contribution in [1.29, 1.82) is 0 Å². The Morgan fingerprint density at radius 2 is 2.10 bits per heavy atom. The number of carbonyl (C=O) groups excluding carboxylic acids is 1. The molecule has 1 saturated heterocycles. The van der Waals surface area contributed by atoms with E-state index in [1.54, 1.807) is 23.1 Å². The van der Waals surface area contributed by atoms with E-state index in [1.165, 1.54) is 0 Å². The molecular formula is C15H18BrNO4. The molecule has 0 unspecified atom stereocenters. The molecule has 0 saturated carbocycles. The fraction of sp³-hybridized carbons (Fsp3) is 0.467. The van der Waals surface area contributed by atoms with Crippen LogP contribution in [-0.4, -0.2) is 41.1 Å².